The highest BCUT2D eigenvalue weighted by Crippen LogP contribution is 2.15. The maximum Gasteiger partial charge on any atom is -0.0219 e. The van der Waals surface area contributed by atoms with Gasteiger partial charge in [-0.15, -0.1) is 0 Å². The van der Waals surface area contributed by atoms with E-state index in [1.54, 1.807) is 6.08 Å². The van der Waals surface area contributed by atoms with Crippen LogP contribution in [0.4, 0.5) is 0 Å². The standard InChI is InChI=1S/C15H21/c1-4-5-6-7-8-14-9-11-15(12-10-14)13(2)3/h1,4,9-13H,5-8H2,2-3H3. The Labute approximate surface area is 94.0 Å². The fourth-order valence-corrected chi connectivity index (χ4v) is 1.66. The average Bonchev–Trinajstić information content (AvgIpc) is 2.25. The van der Waals surface area contributed by atoms with E-state index in [0.29, 0.717) is 5.92 Å². The van der Waals surface area contributed by atoms with Crippen LogP contribution in [0.2, 0.25) is 0 Å². The molecule has 0 aliphatic heterocycles. The van der Waals surface area contributed by atoms with Gasteiger partial charge in [-0.05, 0) is 42.7 Å². The van der Waals surface area contributed by atoms with Crippen molar-refractivity contribution >= 4 is 0 Å². The van der Waals surface area contributed by atoms with Gasteiger partial charge in [0.15, 0.2) is 0 Å². The van der Waals surface area contributed by atoms with Gasteiger partial charge in [0.1, 0.15) is 0 Å². The molecule has 0 heterocycles. The van der Waals surface area contributed by atoms with Crippen LogP contribution in [0.25, 0.3) is 0 Å². The third kappa shape index (κ3) is 4.33. The molecule has 0 saturated carbocycles. The van der Waals surface area contributed by atoms with Gasteiger partial charge in [-0.1, -0.05) is 50.8 Å². The first kappa shape index (κ1) is 12.0. The zero-order valence-electron chi connectivity index (χ0n) is 9.87. The van der Waals surface area contributed by atoms with Gasteiger partial charge >= 0.3 is 0 Å². The SMILES string of the molecule is [CH]=CCCCCc1ccc(C(C)C)cc1. The van der Waals surface area contributed by atoms with Gasteiger partial charge in [-0.2, -0.15) is 0 Å². The molecule has 0 saturated heterocycles. The van der Waals surface area contributed by atoms with E-state index in [1.807, 2.05) is 0 Å². The molecule has 0 aliphatic carbocycles. The van der Waals surface area contributed by atoms with Crippen molar-refractivity contribution in [2.45, 2.75) is 45.4 Å². The van der Waals surface area contributed by atoms with Crippen LogP contribution in [-0.2, 0) is 6.42 Å². The minimum Gasteiger partial charge on any atom is -0.0845 e. The lowest BCUT2D eigenvalue weighted by atomic mass is 10.00. The number of unbranched alkanes of at least 4 members (excludes halogenated alkanes) is 2. The minimum absolute atomic E-state index is 0.630. The van der Waals surface area contributed by atoms with Gasteiger partial charge in [0.2, 0.25) is 0 Å². The van der Waals surface area contributed by atoms with E-state index in [9.17, 15) is 0 Å². The van der Waals surface area contributed by atoms with Crippen molar-refractivity contribution in [2.24, 2.45) is 0 Å². The van der Waals surface area contributed by atoms with Crippen molar-refractivity contribution in [3.8, 4) is 0 Å². The number of benzene rings is 1. The third-order valence-corrected chi connectivity index (χ3v) is 2.73. The van der Waals surface area contributed by atoms with Crippen LogP contribution >= 0.6 is 0 Å². The Morgan fingerprint density at radius 3 is 2.33 bits per heavy atom. The molecule has 1 aromatic carbocycles. The molecule has 0 amide bonds. The Balaban J connectivity index is 2.39. The average molecular weight is 201 g/mol. The second kappa shape index (κ2) is 6.44. The fourth-order valence-electron chi connectivity index (χ4n) is 1.66. The minimum atomic E-state index is 0.630. The van der Waals surface area contributed by atoms with E-state index >= 15 is 0 Å². The molecule has 0 aromatic heterocycles. The summed E-state index contributed by atoms with van der Waals surface area (Å²) in [6, 6.07) is 8.99. The Hall–Kier alpha value is -1.04. The van der Waals surface area contributed by atoms with E-state index in [4.69, 9.17) is 6.58 Å². The van der Waals surface area contributed by atoms with Gasteiger partial charge in [0.05, 0.1) is 0 Å². The Bertz CT molecular complexity index is 279. The predicted molar refractivity (Wildman–Crippen MR) is 67.0 cm³/mol. The first-order valence-corrected chi connectivity index (χ1v) is 5.86. The van der Waals surface area contributed by atoms with Crippen LogP contribution in [0.5, 0.6) is 0 Å². The lowest BCUT2D eigenvalue weighted by molar-refractivity contribution is 0.747. The highest BCUT2D eigenvalue weighted by atomic mass is 14.0. The van der Waals surface area contributed by atoms with Crippen LogP contribution < -0.4 is 0 Å². The molecule has 15 heavy (non-hydrogen) atoms. The summed E-state index contributed by atoms with van der Waals surface area (Å²) in [5.41, 5.74) is 2.87. The summed E-state index contributed by atoms with van der Waals surface area (Å²) in [6.07, 6.45) is 6.38. The molecule has 1 aromatic rings. The lowest BCUT2D eigenvalue weighted by Gasteiger charge is -2.06. The lowest BCUT2D eigenvalue weighted by Crippen LogP contribution is -1.89. The highest BCUT2D eigenvalue weighted by Gasteiger charge is 1.98. The van der Waals surface area contributed by atoms with Crippen LogP contribution in [-0.4, -0.2) is 0 Å². The summed E-state index contributed by atoms with van der Waals surface area (Å²) in [7, 11) is 0. The van der Waals surface area contributed by atoms with Crippen molar-refractivity contribution in [3.05, 3.63) is 48.0 Å². The summed E-state index contributed by atoms with van der Waals surface area (Å²) >= 11 is 0. The smallest absolute Gasteiger partial charge is 0.0219 e. The first-order valence-electron chi connectivity index (χ1n) is 5.86. The van der Waals surface area contributed by atoms with E-state index in [2.05, 4.69) is 38.1 Å². The monoisotopic (exact) mass is 201 g/mol. The summed E-state index contributed by atoms with van der Waals surface area (Å²) < 4.78 is 0. The Morgan fingerprint density at radius 1 is 1.13 bits per heavy atom. The second-order valence-electron chi connectivity index (χ2n) is 4.38. The summed E-state index contributed by atoms with van der Waals surface area (Å²) in [6.45, 7) is 9.79. The largest absolute Gasteiger partial charge is 0.0845 e. The van der Waals surface area contributed by atoms with Gasteiger partial charge in [-0.3, -0.25) is 0 Å². The van der Waals surface area contributed by atoms with Crippen molar-refractivity contribution < 1.29 is 0 Å². The molecule has 0 N–H and O–H groups in total. The molecule has 81 valence electrons. The van der Waals surface area contributed by atoms with Gasteiger partial charge in [0.25, 0.3) is 0 Å². The second-order valence-corrected chi connectivity index (χ2v) is 4.38. The van der Waals surface area contributed by atoms with Crippen molar-refractivity contribution in [1.29, 1.82) is 0 Å². The number of hydrogen-bond donors (Lipinski definition) is 0. The highest BCUT2D eigenvalue weighted by molar-refractivity contribution is 5.24. The molecule has 0 fully saturated rings. The predicted octanol–water partition coefficient (Wildman–Crippen LogP) is 4.51. The quantitative estimate of drug-likeness (QED) is 0.594. The molecule has 0 bridgehead atoms. The third-order valence-electron chi connectivity index (χ3n) is 2.73. The van der Waals surface area contributed by atoms with Crippen LogP contribution in [0.15, 0.2) is 30.3 Å². The van der Waals surface area contributed by atoms with Gasteiger partial charge < -0.3 is 0 Å². The maximum absolute atomic E-state index is 5.34. The van der Waals surface area contributed by atoms with E-state index < -0.39 is 0 Å². The molecule has 1 radical (unpaired) electrons. The number of aryl methyl sites for hydroxylation is 1. The molecule has 0 aliphatic rings. The summed E-state index contributed by atoms with van der Waals surface area (Å²) in [5, 5.41) is 0. The molecule has 0 unspecified atom stereocenters. The molecule has 0 spiro atoms. The van der Waals surface area contributed by atoms with E-state index in [0.717, 1.165) is 6.42 Å². The number of allylic oxidation sites excluding steroid dienone is 1. The molecular weight excluding hydrogens is 180 g/mol. The summed E-state index contributed by atoms with van der Waals surface area (Å²) in [4.78, 5) is 0. The van der Waals surface area contributed by atoms with Gasteiger partial charge in [-0.25, -0.2) is 0 Å². The van der Waals surface area contributed by atoms with Crippen LogP contribution in [0.1, 0.15) is 50.2 Å². The molecular formula is C15H21. The fraction of sp³-hybridized carbons (Fsp3) is 0.467. The zero-order chi connectivity index (χ0) is 11.1. The zero-order valence-corrected chi connectivity index (χ0v) is 9.87. The topological polar surface area (TPSA) is 0 Å². The van der Waals surface area contributed by atoms with Crippen molar-refractivity contribution in [1.82, 2.24) is 0 Å². The molecule has 0 atom stereocenters. The van der Waals surface area contributed by atoms with Gasteiger partial charge in [0, 0.05) is 0 Å². The molecule has 1 rings (SSSR count). The van der Waals surface area contributed by atoms with Crippen LogP contribution in [0, 0.1) is 6.58 Å². The summed E-state index contributed by atoms with van der Waals surface area (Å²) in [5.74, 6) is 0.630. The number of rotatable bonds is 6. The first-order chi connectivity index (χ1) is 7.24. The van der Waals surface area contributed by atoms with Crippen molar-refractivity contribution in [3.63, 3.8) is 0 Å². The van der Waals surface area contributed by atoms with E-state index in [-0.39, 0.29) is 0 Å². The molecule has 0 heteroatoms. The normalized spacial score (nSPS) is 10.6. The molecule has 0 nitrogen and oxygen atoms in total. The van der Waals surface area contributed by atoms with E-state index in [1.165, 1.54) is 30.4 Å². The maximum atomic E-state index is 5.34. The van der Waals surface area contributed by atoms with Crippen LogP contribution in [0.3, 0.4) is 0 Å². The Kier molecular flexibility index (Phi) is 5.17. The Morgan fingerprint density at radius 2 is 1.80 bits per heavy atom. The number of hydrogen-bond acceptors (Lipinski definition) is 0. The van der Waals surface area contributed by atoms with Crippen molar-refractivity contribution in [2.75, 3.05) is 0 Å².